The number of nitrogens with zero attached hydrogens (tertiary/aromatic N) is 1. The summed E-state index contributed by atoms with van der Waals surface area (Å²) in [5, 5.41) is 11.9. The van der Waals surface area contributed by atoms with E-state index >= 15 is 0 Å². The van der Waals surface area contributed by atoms with Gasteiger partial charge in [-0.3, -0.25) is 4.98 Å². The molecule has 0 radical (unpaired) electrons. The van der Waals surface area contributed by atoms with Gasteiger partial charge in [0.05, 0.1) is 6.10 Å². The van der Waals surface area contributed by atoms with Crippen LogP contribution in [0.2, 0.25) is 18.1 Å². The molecule has 0 fully saturated rings. The largest absolute Gasteiger partial charge is 0.425 e. The van der Waals surface area contributed by atoms with E-state index in [2.05, 4.69) is 53.8 Å². The highest BCUT2D eigenvalue weighted by atomic mass is 32.1. The quantitative estimate of drug-likeness (QED) is 0.346. The molecule has 2 aromatic heterocycles. The van der Waals surface area contributed by atoms with Gasteiger partial charge in [0.15, 0.2) is 8.32 Å². The first-order valence-corrected chi connectivity index (χ1v) is 17.8. The van der Waals surface area contributed by atoms with Crippen molar-refractivity contribution in [3.63, 3.8) is 0 Å². The Labute approximate surface area is 237 Å². The number of hydrogen-bond donors (Lipinski definition) is 1. The molecule has 2 atom stereocenters. The third-order valence-corrected chi connectivity index (χ3v) is 14.4. The lowest BCUT2D eigenvalue weighted by atomic mass is 9.71. The molecule has 2 heterocycles. The van der Waals surface area contributed by atoms with Crippen molar-refractivity contribution in [2.45, 2.75) is 123 Å². The maximum Gasteiger partial charge on any atom is 0.425 e. The minimum Gasteiger partial charge on any atom is -0.410 e. The standard InChI is InChI=1S/C31H44F3NO2SSi/c1-18(2)27-26(28(36)22-14-15-23(38-22)31(32,33)34)24(19-12-10-11-13-19)25-20(35-27)16-30(6,7)17-21(25)37-39(8,9)29(3,4)5/h12,14-15,18,21,28,36H,10-11,13,16-17H2,1-9H3/t21-,28+/m0/s1. The predicted octanol–water partition coefficient (Wildman–Crippen LogP) is 9.97. The molecule has 0 saturated heterocycles. The molecule has 0 amide bonds. The van der Waals surface area contributed by atoms with Crippen molar-refractivity contribution < 1.29 is 22.7 Å². The Balaban J connectivity index is 2.00. The van der Waals surface area contributed by atoms with Gasteiger partial charge in [-0.1, -0.05) is 54.5 Å². The van der Waals surface area contributed by atoms with Crippen molar-refractivity contribution in [3.05, 3.63) is 56.0 Å². The van der Waals surface area contributed by atoms with Gasteiger partial charge in [0, 0.05) is 27.4 Å². The summed E-state index contributed by atoms with van der Waals surface area (Å²) in [4.78, 5) is 4.81. The van der Waals surface area contributed by atoms with Crippen LogP contribution in [-0.4, -0.2) is 18.4 Å². The number of hydrogen-bond acceptors (Lipinski definition) is 4. The molecule has 0 spiro atoms. The summed E-state index contributed by atoms with van der Waals surface area (Å²) in [5.41, 5.74) is 5.64. The molecule has 1 N–H and O–H groups in total. The molecule has 0 aromatic carbocycles. The summed E-state index contributed by atoms with van der Waals surface area (Å²) in [6, 6.07) is 2.49. The van der Waals surface area contributed by atoms with Crippen LogP contribution in [0.5, 0.6) is 0 Å². The lowest BCUT2D eigenvalue weighted by molar-refractivity contribution is -0.134. The van der Waals surface area contributed by atoms with Crippen LogP contribution in [0.1, 0.15) is 130 Å². The van der Waals surface area contributed by atoms with E-state index in [1.165, 1.54) is 11.6 Å². The third-order valence-electron chi connectivity index (χ3n) is 8.69. The Hall–Kier alpha value is -1.48. The van der Waals surface area contributed by atoms with Gasteiger partial charge in [0.25, 0.3) is 0 Å². The molecule has 4 rings (SSSR count). The first kappa shape index (κ1) is 30.5. The molecular weight excluding hydrogens is 535 g/mol. The summed E-state index contributed by atoms with van der Waals surface area (Å²) >= 11 is 0.619. The zero-order valence-corrected chi connectivity index (χ0v) is 26.7. The SMILES string of the molecule is CC(C)c1nc2c(c(C3=CCCC3)c1[C@H](O)c1ccc(C(F)(F)F)s1)[C@@H](O[Si](C)(C)C(C)(C)C)CC(C)(C)C2. The summed E-state index contributed by atoms with van der Waals surface area (Å²) in [6.07, 6.45) is 0.912. The first-order chi connectivity index (χ1) is 17.8. The summed E-state index contributed by atoms with van der Waals surface area (Å²) in [7, 11) is -2.18. The van der Waals surface area contributed by atoms with Crippen molar-refractivity contribution in [1.82, 2.24) is 4.98 Å². The number of rotatable bonds is 6. The smallest absolute Gasteiger partial charge is 0.410 e. The fourth-order valence-corrected chi connectivity index (χ4v) is 7.82. The number of pyridine rings is 1. The Bertz CT molecular complexity index is 1250. The van der Waals surface area contributed by atoms with Crippen molar-refractivity contribution in [3.8, 4) is 0 Å². The molecule has 3 nitrogen and oxygen atoms in total. The van der Waals surface area contributed by atoms with Crippen LogP contribution in [0.3, 0.4) is 0 Å². The number of aliphatic hydroxyl groups excluding tert-OH is 1. The second kappa shape index (κ2) is 10.4. The van der Waals surface area contributed by atoms with Crippen molar-refractivity contribution in [1.29, 1.82) is 0 Å². The van der Waals surface area contributed by atoms with E-state index in [9.17, 15) is 18.3 Å². The average molecular weight is 580 g/mol. The normalized spacial score (nSPS) is 20.8. The lowest BCUT2D eigenvalue weighted by Crippen LogP contribution is -2.44. The number of fused-ring (bicyclic) bond motifs is 1. The number of aromatic nitrogens is 1. The zero-order valence-electron chi connectivity index (χ0n) is 24.8. The molecule has 2 aromatic rings. The Morgan fingerprint density at radius 1 is 1.15 bits per heavy atom. The van der Waals surface area contributed by atoms with E-state index in [0.717, 1.165) is 60.7 Å². The van der Waals surface area contributed by atoms with Crippen LogP contribution >= 0.6 is 11.3 Å². The molecule has 0 unspecified atom stereocenters. The molecule has 0 bridgehead atoms. The minimum absolute atomic E-state index is 0.00690. The molecule has 2 aliphatic rings. The fraction of sp³-hybridized carbons (Fsp3) is 0.645. The fourth-order valence-electron chi connectivity index (χ4n) is 5.68. The van der Waals surface area contributed by atoms with Gasteiger partial charge >= 0.3 is 6.18 Å². The zero-order chi connectivity index (χ0) is 29.1. The molecule has 8 heteroatoms. The van der Waals surface area contributed by atoms with E-state index < -0.39 is 25.5 Å². The number of thiophene rings is 1. The van der Waals surface area contributed by atoms with Crippen LogP contribution in [0.25, 0.3) is 5.57 Å². The first-order valence-electron chi connectivity index (χ1n) is 14.1. The van der Waals surface area contributed by atoms with Crippen LogP contribution < -0.4 is 0 Å². The summed E-state index contributed by atoms with van der Waals surface area (Å²) in [5.74, 6) is -0.00690. The number of allylic oxidation sites excluding steroid dienone is 2. The van der Waals surface area contributed by atoms with Gasteiger partial charge in [-0.25, -0.2) is 0 Å². The summed E-state index contributed by atoms with van der Waals surface area (Å²) < 4.78 is 47.6. The maximum absolute atomic E-state index is 13.5. The van der Waals surface area contributed by atoms with E-state index in [4.69, 9.17) is 9.41 Å². The minimum atomic E-state index is -4.44. The van der Waals surface area contributed by atoms with Gasteiger partial charge in [-0.05, 0) is 84.8 Å². The van der Waals surface area contributed by atoms with Gasteiger partial charge in [-0.15, -0.1) is 11.3 Å². The van der Waals surface area contributed by atoms with Crippen LogP contribution in [0.4, 0.5) is 13.2 Å². The molecule has 0 aliphatic heterocycles. The topological polar surface area (TPSA) is 42.4 Å². The van der Waals surface area contributed by atoms with Crippen molar-refractivity contribution in [2.75, 3.05) is 0 Å². The van der Waals surface area contributed by atoms with E-state index in [1.54, 1.807) is 0 Å². The second-order valence-corrected chi connectivity index (χ2v) is 19.8. The molecule has 216 valence electrons. The predicted molar refractivity (Wildman–Crippen MR) is 157 cm³/mol. The average Bonchev–Trinajstić information content (AvgIpc) is 3.47. The highest BCUT2D eigenvalue weighted by Gasteiger charge is 2.45. The molecular formula is C31H44F3NO2SSi. The second-order valence-electron chi connectivity index (χ2n) is 13.9. The van der Waals surface area contributed by atoms with Crippen LogP contribution in [0, 0.1) is 5.41 Å². The van der Waals surface area contributed by atoms with Gasteiger partial charge in [0.1, 0.15) is 11.0 Å². The monoisotopic (exact) mass is 579 g/mol. The van der Waals surface area contributed by atoms with E-state index in [-0.39, 0.29) is 22.5 Å². The highest BCUT2D eigenvalue weighted by Crippen LogP contribution is 2.52. The third kappa shape index (κ3) is 6.09. The molecule has 2 aliphatic carbocycles. The highest BCUT2D eigenvalue weighted by molar-refractivity contribution is 7.12. The Morgan fingerprint density at radius 2 is 1.82 bits per heavy atom. The lowest BCUT2D eigenvalue weighted by Gasteiger charge is -2.45. The van der Waals surface area contributed by atoms with Gasteiger partial charge < -0.3 is 9.53 Å². The molecule has 39 heavy (non-hydrogen) atoms. The molecule has 0 saturated carbocycles. The number of alkyl halides is 3. The van der Waals surface area contributed by atoms with Crippen LogP contribution in [0.15, 0.2) is 18.2 Å². The van der Waals surface area contributed by atoms with Crippen LogP contribution in [-0.2, 0) is 17.0 Å². The summed E-state index contributed by atoms with van der Waals surface area (Å²) in [6.45, 7) is 19.8. The van der Waals surface area contributed by atoms with Crippen molar-refractivity contribution in [2.24, 2.45) is 5.41 Å². The van der Waals surface area contributed by atoms with Gasteiger partial charge in [0.2, 0.25) is 0 Å². The van der Waals surface area contributed by atoms with Gasteiger partial charge in [-0.2, -0.15) is 13.2 Å². The Kier molecular flexibility index (Phi) is 8.14. The Morgan fingerprint density at radius 3 is 2.33 bits per heavy atom. The van der Waals surface area contributed by atoms with Crippen molar-refractivity contribution >= 4 is 25.2 Å². The number of aliphatic hydroxyl groups is 1. The van der Waals surface area contributed by atoms with E-state index in [1.807, 2.05) is 13.8 Å². The van der Waals surface area contributed by atoms with E-state index in [0.29, 0.717) is 21.8 Å². The number of halogens is 3. The maximum atomic E-state index is 13.5.